The number of cyclic esters (lactones) is 1. The zero-order chi connectivity index (χ0) is 17.8. The van der Waals surface area contributed by atoms with Crippen molar-refractivity contribution in [2.75, 3.05) is 0 Å². The predicted molar refractivity (Wildman–Crippen MR) is 102 cm³/mol. The van der Waals surface area contributed by atoms with Gasteiger partial charge in [-0.05, 0) is 22.8 Å². The average molecular weight is 341 g/mol. The maximum Gasteiger partial charge on any atom is 0.416 e. The second kappa shape index (κ2) is 7.28. The van der Waals surface area contributed by atoms with Gasteiger partial charge in [0.1, 0.15) is 11.8 Å². The summed E-state index contributed by atoms with van der Waals surface area (Å²) in [6.07, 6.45) is 1.63. The topological polar surface area (TPSA) is 29.5 Å². The first kappa shape index (κ1) is 16.2. The van der Waals surface area contributed by atoms with Crippen LogP contribution in [0.5, 0.6) is 0 Å². The molecule has 3 aromatic carbocycles. The van der Waals surface area contributed by atoms with Gasteiger partial charge in [-0.1, -0.05) is 91.0 Å². The Kier molecular flexibility index (Phi) is 4.52. The molecule has 1 aliphatic heterocycles. The van der Waals surface area contributed by atoms with E-state index in [4.69, 9.17) is 4.74 Å². The van der Waals surface area contributed by atoms with E-state index in [2.05, 4.69) is 0 Å². The SMILES string of the molecule is O=C1OC(=Cc2ccccc2)C(c2ccccc2)N1Cc1ccccc1. The molecule has 0 spiro atoms. The van der Waals surface area contributed by atoms with Crippen LogP contribution in [0.25, 0.3) is 6.08 Å². The fourth-order valence-electron chi connectivity index (χ4n) is 3.21. The second-order valence-electron chi connectivity index (χ2n) is 6.25. The van der Waals surface area contributed by atoms with Gasteiger partial charge < -0.3 is 4.74 Å². The van der Waals surface area contributed by atoms with Gasteiger partial charge in [-0.25, -0.2) is 4.79 Å². The van der Waals surface area contributed by atoms with E-state index < -0.39 is 0 Å². The molecule has 0 bridgehead atoms. The van der Waals surface area contributed by atoms with Crippen LogP contribution in [-0.2, 0) is 11.3 Å². The third kappa shape index (κ3) is 3.38. The quantitative estimate of drug-likeness (QED) is 0.634. The summed E-state index contributed by atoms with van der Waals surface area (Å²) >= 11 is 0. The Morgan fingerprint density at radius 1 is 0.808 bits per heavy atom. The van der Waals surface area contributed by atoms with Crippen molar-refractivity contribution in [3.05, 3.63) is 113 Å². The lowest BCUT2D eigenvalue weighted by molar-refractivity contribution is 0.163. The molecule has 3 nitrogen and oxygen atoms in total. The molecule has 4 rings (SSSR count). The molecule has 128 valence electrons. The van der Waals surface area contributed by atoms with Gasteiger partial charge in [0.15, 0.2) is 0 Å². The molecule has 0 radical (unpaired) electrons. The van der Waals surface area contributed by atoms with E-state index >= 15 is 0 Å². The number of rotatable bonds is 4. The molecular formula is C23H19NO2. The summed E-state index contributed by atoms with van der Waals surface area (Å²) in [5, 5.41) is 0. The first-order valence-electron chi connectivity index (χ1n) is 8.65. The molecule has 1 heterocycles. The molecule has 0 aliphatic carbocycles. The summed E-state index contributed by atoms with van der Waals surface area (Å²) in [5.74, 6) is 0.656. The number of carbonyl (C=O) groups excluding carboxylic acids is 1. The van der Waals surface area contributed by atoms with E-state index in [0.29, 0.717) is 12.3 Å². The van der Waals surface area contributed by atoms with E-state index in [-0.39, 0.29) is 12.1 Å². The van der Waals surface area contributed by atoms with Gasteiger partial charge in [0, 0.05) is 0 Å². The van der Waals surface area contributed by atoms with Gasteiger partial charge >= 0.3 is 6.09 Å². The fourth-order valence-corrected chi connectivity index (χ4v) is 3.21. The highest BCUT2D eigenvalue weighted by molar-refractivity contribution is 5.76. The van der Waals surface area contributed by atoms with Crippen molar-refractivity contribution in [1.82, 2.24) is 4.90 Å². The molecule has 0 saturated carbocycles. The van der Waals surface area contributed by atoms with Gasteiger partial charge in [-0.2, -0.15) is 0 Å². The van der Waals surface area contributed by atoms with Crippen LogP contribution >= 0.6 is 0 Å². The predicted octanol–water partition coefficient (Wildman–Crippen LogP) is 5.42. The number of hydrogen-bond donors (Lipinski definition) is 0. The molecule has 1 aliphatic rings. The highest BCUT2D eigenvalue weighted by Gasteiger charge is 2.38. The van der Waals surface area contributed by atoms with Crippen molar-refractivity contribution in [3.8, 4) is 0 Å². The Balaban J connectivity index is 1.73. The number of benzene rings is 3. The smallest absolute Gasteiger partial charge is 0.412 e. The summed E-state index contributed by atoms with van der Waals surface area (Å²) in [6, 6.07) is 29.7. The molecule has 3 heteroatoms. The van der Waals surface area contributed by atoms with Gasteiger partial charge in [0.2, 0.25) is 0 Å². The van der Waals surface area contributed by atoms with Crippen LogP contribution in [0.4, 0.5) is 4.79 Å². The lowest BCUT2D eigenvalue weighted by atomic mass is 10.0. The Bertz CT molecular complexity index is 905. The molecule has 0 N–H and O–H groups in total. The van der Waals surface area contributed by atoms with E-state index in [1.165, 1.54) is 0 Å². The number of hydrogen-bond acceptors (Lipinski definition) is 2. The second-order valence-corrected chi connectivity index (χ2v) is 6.25. The first-order valence-corrected chi connectivity index (χ1v) is 8.65. The van der Waals surface area contributed by atoms with Gasteiger partial charge in [0.25, 0.3) is 0 Å². The number of ether oxygens (including phenoxy) is 1. The van der Waals surface area contributed by atoms with Crippen LogP contribution in [0.1, 0.15) is 22.7 Å². The van der Waals surface area contributed by atoms with Crippen LogP contribution in [-0.4, -0.2) is 11.0 Å². The van der Waals surface area contributed by atoms with E-state index in [1.54, 1.807) is 4.90 Å². The molecule has 26 heavy (non-hydrogen) atoms. The summed E-state index contributed by atoms with van der Waals surface area (Å²) < 4.78 is 5.67. The Morgan fingerprint density at radius 3 is 2.04 bits per heavy atom. The summed E-state index contributed by atoms with van der Waals surface area (Å²) in [5.41, 5.74) is 3.13. The lowest BCUT2D eigenvalue weighted by Crippen LogP contribution is -2.26. The zero-order valence-corrected chi connectivity index (χ0v) is 14.3. The minimum absolute atomic E-state index is 0.232. The number of nitrogens with zero attached hydrogens (tertiary/aromatic N) is 1. The maximum absolute atomic E-state index is 12.6. The van der Waals surface area contributed by atoms with E-state index in [0.717, 1.165) is 16.7 Å². The minimum atomic E-state index is -0.315. The van der Waals surface area contributed by atoms with Crippen LogP contribution in [0.15, 0.2) is 96.8 Å². The largest absolute Gasteiger partial charge is 0.416 e. The molecular weight excluding hydrogens is 322 g/mol. The van der Waals surface area contributed by atoms with Crippen molar-refractivity contribution in [1.29, 1.82) is 0 Å². The highest BCUT2D eigenvalue weighted by Crippen LogP contribution is 2.38. The summed E-state index contributed by atoms with van der Waals surface area (Å²) in [4.78, 5) is 14.4. The molecule has 1 fully saturated rings. The van der Waals surface area contributed by atoms with Gasteiger partial charge in [-0.3, -0.25) is 4.90 Å². The van der Waals surface area contributed by atoms with Crippen molar-refractivity contribution < 1.29 is 9.53 Å². The first-order chi connectivity index (χ1) is 12.8. The molecule has 3 aromatic rings. The third-order valence-corrected chi connectivity index (χ3v) is 4.44. The van der Waals surface area contributed by atoms with Gasteiger partial charge in [-0.15, -0.1) is 0 Å². The Hall–Kier alpha value is -3.33. The standard InChI is InChI=1S/C23H19NO2/c25-23-24(17-19-12-6-2-7-13-19)22(20-14-8-3-9-15-20)21(26-23)16-18-10-4-1-5-11-18/h1-16,22H,17H2. The van der Waals surface area contributed by atoms with Crippen molar-refractivity contribution in [2.45, 2.75) is 12.6 Å². The van der Waals surface area contributed by atoms with E-state index in [9.17, 15) is 4.79 Å². The number of amides is 1. The Labute approximate surface area is 153 Å². The van der Waals surface area contributed by atoms with Crippen LogP contribution in [0.3, 0.4) is 0 Å². The zero-order valence-electron chi connectivity index (χ0n) is 14.3. The minimum Gasteiger partial charge on any atom is -0.412 e. The van der Waals surface area contributed by atoms with Crippen molar-refractivity contribution in [3.63, 3.8) is 0 Å². The molecule has 1 amide bonds. The number of carbonyl (C=O) groups is 1. The van der Waals surface area contributed by atoms with Crippen LogP contribution in [0, 0.1) is 0 Å². The molecule has 1 atom stereocenters. The maximum atomic E-state index is 12.6. The molecule has 1 saturated heterocycles. The monoisotopic (exact) mass is 341 g/mol. The molecule has 0 aromatic heterocycles. The molecule has 1 unspecified atom stereocenters. The van der Waals surface area contributed by atoms with Crippen molar-refractivity contribution in [2.24, 2.45) is 0 Å². The Morgan fingerprint density at radius 2 is 1.38 bits per heavy atom. The van der Waals surface area contributed by atoms with E-state index in [1.807, 2.05) is 97.1 Å². The fraction of sp³-hybridized carbons (Fsp3) is 0.0870. The normalized spacial score (nSPS) is 18.2. The van der Waals surface area contributed by atoms with Gasteiger partial charge in [0.05, 0.1) is 6.54 Å². The average Bonchev–Trinajstić information content (AvgIpc) is 2.99. The summed E-state index contributed by atoms with van der Waals surface area (Å²) in [7, 11) is 0. The van der Waals surface area contributed by atoms with Crippen LogP contribution < -0.4 is 0 Å². The van der Waals surface area contributed by atoms with Crippen LogP contribution in [0.2, 0.25) is 0 Å². The lowest BCUT2D eigenvalue weighted by Gasteiger charge is -2.22. The summed E-state index contributed by atoms with van der Waals surface area (Å²) in [6.45, 7) is 0.505. The highest BCUT2D eigenvalue weighted by atomic mass is 16.6. The third-order valence-electron chi connectivity index (χ3n) is 4.44. The van der Waals surface area contributed by atoms with Crippen molar-refractivity contribution >= 4 is 12.2 Å².